The van der Waals surface area contributed by atoms with Gasteiger partial charge in [-0.3, -0.25) is 0 Å². The highest BCUT2D eigenvalue weighted by atomic mass is 16.5. The molecule has 1 aromatic heterocycles. The lowest BCUT2D eigenvalue weighted by atomic mass is 10.3. The van der Waals surface area contributed by atoms with E-state index in [1.165, 1.54) is 0 Å². The lowest BCUT2D eigenvalue weighted by Gasteiger charge is -2.13. The molecule has 0 aliphatic carbocycles. The molecule has 114 valence electrons. The molecule has 21 heavy (non-hydrogen) atoms. The second-order valence-corrected chi connectivity index (χ2v) is 4.63. The third-order valence-corrected chi connectivity index (χ3v) is 2.97. The fourth-order valence-electron chi connectivity index (χ4n) is 1.74. The Morgan fingerprint density at radius 2 is 2.00 bits per heavy atom. The van der Waals surface area contributed by atoms with Gasteiger partial charge < -0.3 is 24.5 Å². The summed E-state index contributed by atoms with van der Waals surface area (Å²) in [5, 5.41) is 20.7. The van der Waals surface area contributed by atoms with Crippen molar-refractivity contribution in [2.45, 2.75) is 12.6 Å². The summed E-state index contributed by atoms with van der Waals surface area (Å²) in [6.45, 7) is 1.19. The molecule has 0 saturated carbocycles. The van der Waals surface area contributed by atoms with Gasteiger partial charge in [0.25, 0.3) is 0 Å². The minimum atomic E-state index is -0.597. The van der Waals surface area contributed by atoms with E-state index in [1.54, 1.807) is 25.6 Å². The fraction of sp³-hybridized carbons (Fsp3) is 0.429. The normalized spacial score (nSPS) is 12.1. The molecule has 0 spiro atoms. The van der Waals surface area contributed by atoms with Gasteiger partial charge in [0, 0.05) is 13.6 Å². The average molecular weight is 292 g/mol. The summed E-state index contributed by atoms with van der Waals surface area (Å²) >= 11 is 0. The maximum Gasteiger partial charge on any atom is 0.146 e. The van der Waals surface area contributed by atoms with Gasteiger partial charge in [-0.25, -0.2) is 0 Å². The topological polar surface area (TPSA) is 81.4 Å². The number of aryl methyl sites for hydroxylation is 1. The molecule has 1 aromatic carbocycles. The van der Waals surface area contributed by atoms with Gasteiger partial charge in [-0.05, 0) is 24.3 Å². The smallest absolute Gasteiger partial charge is 0.146 e. The van der Waals surface area contributed by atoms with Gasteiger partial charge in [0.2, 0.25) is 0 Å². The van der Waals surface area contributed by atoms with Crippen LogP contribution in [-0.4, -0.2) is 46.2 Å². The number of aliphatic hydroxyl groups excluding tert-OH is 1. The SMILES string of the molecule is COc1ccc(OCC(O)CNCc2nncn2C)cc1. The molecule has 2 N–H and O–H groups in total. The van der Waals surface area contributed by atoms with Crippen LogP contribution in [0.15, 0.2) is 30.6 Å². The Hall–Kier alpha value is -2.12. The molecule has 0 bridgehead atoms. The van der Waals surface area contributed by atoms with Crippen LogP contribution in [0.4, 0.5) is 0 Å². The van der Waals surface area contributed by atoms with Crippen molar-refractivity contribution >= 4 is 0 Å². The van der Waals surface area contributed by atoms with Crippen LogP contribution >= 0.6 is 0 Å². The number of methoxy groups -OCH3 is 1. The van der Waals surface area contributed by atoms with Crippen LogP contribution in [0.2, 0.25) is 0 Å². The van der Waals surface area contributed by atoms with E-state index >= 15 is 0 Å². The van der Waals surface area contributed by atoms with E-state index in [0.29, 0.717) is 18.8 Å². The summed E-state index contributed by atoms with van der Waals surface area (Å²) in [4.78, 5) is 0. The first-order valence-electron chi connectivity index (χ1n) is 6.67. The quantitative estimate of drug-likeness (QED) is 0.731. The number of hydrogen-bond acceptors (Lipinski definition) is 6. The zero-order valence-electron chi connectivity index (χ0n) is 12.2. The number of nitrogens with one attached hydrogen (secondary N) is 1. The lowest BCUT2D eigenvalue weighted by Crippen LogP contribution is -2.31. The van der Waals surface area contributed by atoms with Crippen molar-refractivity contribution in [3.63, 3.8) is 0 Å². The summed E-state index contributed by atoms with van der Waals surface area (Å²) in [5.74, 6) is 2.29. The third-order valence-electron chi connectivity index (χ3n) is 2.97. The van der Waals surface area contributed by atoms with Crippen molar-refractivity contribution in [2.24, 2.45) is 7.05 Å². The second kappa shape index (κ2) is 7.61. The van der Waals surface area contributed by atoms with Crippen LogP contribution in [0, 0.1) is 0 Å². The molecule has 1 heterocycles. The Morgan fingerprint density at radius 1 is 1.29 bits per heavy atom. The summed E-state index contributed by atoms with van der Waals surface area (Å²) in [5.41, 5.74) is 0. The predicted molar refractivity (Wildman–Crippen MR) is 77.2 cm³/mol. The molecular weight excluding hydrogens is 272 g/mol. The van der Waals surface area contributed by atoms with Gasteiger partial charge in [0.15, 0.2) is 0 Å². The Balaban J connectivity index is 1.67. The molecular formula is C14H20N4O3. The zero-order chi connectivity index (χ0) is 15.1. The van der Waals surface area contributed by atoms with Crippen LogP contribution in [0.5, 0.6) is 11.5 Å². The minimum absolute atomic E-state index is 0.220. The number of ether oxygens (including phenoxy) is 2. The van der Waals surface area contributed by atoms with Crippen LogP contribution in [0.3, 0.4) is 0 Å². The van der Waals surface area contributed by atoms with Crippen molar-refractivity contribution < 1.29 is 14.6 Å². The van der Waals surface area contributed by atoms with Gasteiger partial charge in [-0.15, -0.1) is 10.2 Å². The number of hydrogen-bond donors (Lipinski definition) is 2. The van der Waals surface area contributed by atoms with E-state index in [-0.39, 0.29) is 6.61 Å². The van der Waals surface area contributed by atoms with E-state index < -0.39 is 6.10 Å². The first-order valence-corrected chi connectivity index (χ1v) is 6.67. The Bertz CT molecular complexity index is 541. The van der Waals surface area contributed by atoms with Crippen LogP contribution in [0.25, 0.3) is 0 Å². The second-order valence-electron chi connectivity index (χ2n) is 4.63. The number of aliphatic hydroxyl groups is 1. The average Bonchev–Trinajstić information content (AvgIpc) is 2.91. The van der Waals surface area contributed by atoms with Gasteiger partial charge in [0.1, 0.15) is 36.4 Å². The highest BCUT2D eigenvalue weighted by molar-refractivity contribution is 5.31. The number of nitrogens with zero attached hydrogens (tertiary/aromatic N) is 3. The van der Waals surface area contributed by atoms with E-state index in [4.69, 9.17) is 9.47 Å². The van der Waals surface area contributed by atoms with E-state index in [9.17, 15) is 5.11 Å². The molecule has 0 fully saturated rings. The van der Waals surface area contributed by atoms with E-state index in [1.807, 2.05) is 23.7 Å². The largest absolute Gasteiger partial charge is 0.497 e. The molecule has 1 unspecified atom stereocenters. The summed E-state index contributed by atoms with van der Waals surface area (Å²) in [6.07, 6.45) is 1.04. The number of rotatable bonds is 8. The molecule has 0 aliphatic rings. The van der Waals surface area contributed by atoms with Crippen LogP contribution in [-0.2, 0) is 13.6 Å². The molecule has 2 rings (SSSR count). The first-order chi connectivity index (χ1) is 10.2. The van der Waals surface area contributed by atoms with Crippen molar-refractivity contribution in [3.8, 4) is 11.5 Å². The molecule has 0 saturated heterocycles. The first kappa shape index (κ1) is 15.3. The van der Waals surface area contributed by atoms with E-state index in [0.717, 1.165) is 11.6 Å². The Morgan fingerprint density at radius 3 is 2.62 bits per heavy atom. The molecule has 7 nitrogen and oxygen atoms in total. The van der Waals surface area contributed by atoms with Gasteiger partial charge in [-0.2, -0.15) is 0 Å². The molecule has 0 aliphatic heterocycles. The highest BCUT2D eigenvalue weighted by Gasteiger charge is 2.06. The minimum Gasteiger partial charge on any atom is -0.497 e. The van der Waals surface area contributed by atoms with Crippen molar-refractivity contribution in [1.82, 2.24) is 20.1 Å². The van der Waals surface area contributed by atoms with Gasteiger partial charge in [-0.1, -0.05) is 0 Å². The van der Waals surface area contributed by atoms with Crippen molar-refractivity contribution in [1.29, 1.82) is 0 Å². The van der Waals surface area contributed by atoms with Crippen molar-refractivity contribution in [2.75, 3.05) is 20.3 Å². The standard InChI is InChI=1S/C14H20N4O3/c1-18-10-16-17-14(18)8-15-7-11(19)9-21-13-5-3-12(20-2)4-6-13/h3-6,10-11,15,19H,7-9H2,1-2H3. The summed E-state index contributed by atoms with van der Waals surface area (Å²) in [7, 11) is 3.49. The maximum atomic E-state index is 9.85. The van der Waals surface area contributed by atoms with Crippen molar-refractivity contribution in [3.05, 3.63) is 36.4 Å². The number of benzene rings is 1. The molecule has 7 heteroatoms. The summed E-state index contributed by atoms with van der Waals surface area (Å²) < 4.78 is 12.4. The fourth-order valence-corrected chi connectivity index (χ4v) is 1.74. The maximum absolute atomic E-state index is 9.85. The molecule has 2 aromatic rings. The third kappa shape index (κ3) is 4.73. The summed E-state index contributed by atoms with van der Waals surface area (Å²) in [6, 6.07) is 7.24. The van der Waals surface area contributed by atoms with Gasteiger partial charge in [0.05, 0.1) is 13.7 Å². The molecule has 0 amide bonds. The molecule has 1 atom stereocenters. The lowest BCUT2D eigenvalue weighted by molar-refractivity contribution is 0.106. The van der Waals surface area contributed by atoms with E-state index in [2.05, 4.69) is 15.5 Å². The Kier molecular flexibility index (Phi) is 5.53. The van der Waals surface area contributed by atoms with Crippen LogP contribution < -0.4 is 14.8 Å². The predicted octanol–water partition coefficient (Wildman–Crippen LogP) is 0.353. The van der Waals surface area contributed by atoms with Gasteiger partial charge >= 0.3 is 0 Å². The molecule has 0 radical (unpaired) electrons. The monoisotopic (exact) mass is 292 g/mol. The zero-order valence-corrected chi connectivity index (χ0v) is 12.2. The Labute approximate surface area is 123 Å². The van der Waals surface area contributed by atoms with Crippen LogP contribution in [0.1, 0.15) is 5.82 Å². The highest BCUT2D eigenvalue weighted by Crippen LogP contribution is 2.16. The number of aromatic nitrogens is 3.